The summed E-state index contributed by atoms with van der Waals surface area (Å²) in [6, 6.07) is 20.5. The van der Waals surface area contributed by atoms with Crippen molar-refractivity contribution in [1.82, 2.24) is 0 Å². The van der Waals surface area contributed by atoms with Gasteiger partial charge in [0.2, 0.25) is 0 Å². The standard InChI is InChI=1S/C26H23N3O/c1-28-25(19-27)22-17-24(30-26(18-22)21-7-3-2-4-8-21)14-11-20-9-12-23(13-10-20)29-15-5-6-16-29/h2-4,7-14,17,26H,5-6,15-16,18H2/b14-11+,25-22+. The molecule has 1 atom stereocenters. The lowest BCUT2D eigenvalue weighted by Crippen LogP contribution is -2.17. The number of nitriles is 1. The van der Waals surface area contributed by atoms with E-state index >= 15 is 0 Å². The summed E-state index contributed by atoms with van der Waals surface area (Å²) in [5.74, 6) is 0.658. The molecule has 2 heterocycles. The average Bonchev–Trinajstić information content (AvgIpc) is 3.34. The monoisotopic (exact) mass is 393 g/mol. The fraction of sp³-hybridized carbons (Fsp3) is 0.231. The van der Waals surface area contributed by atoms with Crippen LogP contribution >= 0.6 is 0 Å². The van der Waals surface area contributed by atoms with Crippen LogP contribution in [0.4, 0.5) is 5.69 Å². The van der Waals surface area contributed by atoms with Gasteiger partial charge in [0.1, 0.15) is 11.9 Å². The van der Waals surface area contributed by atoms with Crippen LogP contribution in [0.15, 0.2) is 83.8 Å². The molecule has 0 radical (unpaired) electrons. The van der Waals surface area contributed by atoms with Gasteiger partial charge >= 0.3 is 0 Å². The minimum Gasteiger partial charge on any atom is -0.485 e. The highest BCUT2D eigenvalue weighted by atomic mass is 16.5. The minimum absolute atomic E-state index is 0.125. The molecule has 4 rings (SSSR count). The Morgan fingerprint density at radius 3 is 2.47 bits per heavy atom. The van der Waals surface area contributed by atoms with Crippen LogP contribution in [0.2, 0.25) is 0 Å². The summed E-state index contributed by atoms with van der Waals surface area (Å²) in [6.45, 7) is 9.58. The molecule has 2 aliphatic rings. The number of allylic oxidation sites excluding steroid dienone is 3. The highest BCUT2D eigenvalue weighted by Crippen LogP contribution is 2.35. The van der Waals surface area contributed by atoms with Crippen molar-refractivity contribution in [3.63, 3.8) is 0 Å². The zero-order valence-corrected chi connectivity index (χ0v) is 16.8. The third-order valence-corrected chi connectivity index (χ3v) is 5.50. The summed E-state index contributed by atoms with van der Waals surface area (Å²) >= 11 is 0. The Balaban J connectivity index is 1.57. The highest BCUT2D eigenvalue weighted by molar-refractivity contribution is 5.58. The molecule has 1 saturated heterocycles. The van der Waals surface area contributed by atoms with Crippen molar-refractivity contribution < 1.29 is 4.74 Å². The number of anilines is 1. The Morgan fingerprint density at radius 2 is 1.80 bits per heavy atom. The molecule has 2 aliphatic heterocycles. The lowest BCUT2D eigenvalue weighted by atomic mass is 9.97. The molecule has 148 valence electrons. The van der Waals surface area contributed by atoms with Gasteiger partial charge in [-0.05, 0) is 53.8 Å². The van der Waals surface area contributed by atoms with Gasteiger partial charge in [0.05, 0.1) is 12.6 Å². The number of nitrogens with zero attached hydrogens (tertiary/aromatic N) is 3. The normalized spacial score (nSPS) is 20.3. The molecule has 4 nitrogen and oxygen atoms in total. The molecule has 1 fully saturated rings. The summed E-state index contributed by atoms with van der Waals surface area (Å²) in [5, 5.41) is 9.33. The molecule has 0 bridgehead atoms. The topological polar surface area (TPSA) is 40.6 Å². The maximum atomic E-state index is 9.33. The van der Waals surface area contributed by atoms with E-state index < -0.39 is 0 Å². The molecule has 0 N–H and O–H groups in total. The van der Waals surface area contributed by atoms with E-state index in [1.54, 1.807) is 0 Å². The fourth-order valence-electron chi connectivity index (χ4n) is 3.89. The van der Waals surface area contributed by atoms with Gasteiger partial charge in [-0.2, -0.15) is 0 Å². The second kappa shape index (κ2) is 9.16. The van der Waals surface area contributed by atoms with Crippen LogP contribution in [0.3, 0.4) is 0 Å². The summed E-state index contributed by atoms with van der Waals surface area (Å²) in [5.41, 5.74) is 4.23. The van der Waals surface area contributed by atoms with Crippen LogP contribution in [0.1, 0.15) is 36.5 Å². The SMILES string of the molecule is [C-]#[N+]/C(C#N)=C1C=C(/C=C/c2ccc(N3CCCC3)cc2)OC(c2ccccc2)C\1. The van der Waals surface area contributed by atoms with E-state index in [-0.39, 0.29) is 11.8 Å². The average molecular weight is 393 g/mol. The number of hydrogen-bond acceptors (Lipinski definition) is 3. The zero-order chi connectivity index (χ0) is 20.8. The molecular formula is C26H23N3O. The smallest absolute Gasteiger partial charge is 0.265 e. The molecule has 1 unspecified atom stereocenters. The van der Waals surface area contributed by atoms with Crippen LogP contribution in [0.5, 0.6) is 0 Å². The number of hydrogen-bond donors (Lipinski definition) is 0. The first-order chi connectivity index (χ1) is 14.8. The van der Waals surface area contributed by atoms with Crippen molar-refractivity contribution in [1.29, 1.82) is 5.26 Å². The first kappa shape index (κ1) is 19.6. The van der Waals surface area contributed by atoms with Crippen molar-refractivity contribution in [2.24, 2.45) is 0 Å². The summed E-state index contributed by atoms with van der Waals surface area (Å²) in [7, 11) is 0. The van der Waals surface area contributed by atoms with Gasteiger partial charge in [-0.1, -0.05) is 48.5 Å². The first-order valence-electron chi connectivity index (χ1n) is 10.2. The Hall–Kier alpha value is -3.76. The van der Waals surface area contributed by atoms with Gasteiger partial charge in [0.15, 0.2) is 0 Å². The quantitative estimate of drug-likeness (QED) is 0.469. The van der Waals surface area contributed by atoms with Crippen molar-refractivity contribution in [3.05, 3.63) is 106 Å². The second-order valence-corrected chi connectivity index (χ2v) is 7.48. The minimum atomic E-state index is -0.214. The number of rotatable bonds is 4. The first-order valence-corrected chi connectivity index (χ1v) is 10.2. The fourth-order valence-corrected chi connectivity index (χ4v) is 3.89. The molecule has 0 aliphatic carbocycles. The van der Waals surface area contributed by atoms with E-state index in [4.69, 9.17) is 11.3 Å². The van der Waals surface area contributed by atoms with Gasteiger partial charge in [-0.3, -0.25) is 0 Å². The maximum absolute atomic E-state index is 9.33. The molecule has 2 aromatic rings. The van der Waals surface area contributed by atoms with Gasteiger partial charge in [0, 0.05) is 25.2 Å². The second-order valence-electron chi connectivity index (χ2n) is 7.48. The van der Waals surface area contributed by atoms with Crippen LogP contribution in [0, 0.1) is 17.9 Å². The van der Waals surface area contributed by atoms with Gasteiger partial charge in [-0.15, -0.1) is 0 Å². The molecular weight excluding hydrogens is 370 g/mol. The lowest BCUT2D eigenvalue weighted by molar-refractivity contribution is 0.118. The molecule has 2 aromatic carbocycles. The predicted molar refractivity (Wildman–Crippen MR) is 119 cm³/mol. The van der Waals surface area contributed by atoms with Crippen LogP contribution in [-0.4, -0.2) is 13.1 Å². The van der Waals surface area contributed by atoms with Gasteiger partial charge < -0.3 is 9.64 Å². The molecule has 0 saturated carbocycles. The van der Waals surface area contributed by atoms with Gasteiger partial charge in [-0.25, -0.2) is 10.1 Å². The molecule has 0 amide bonds. The van der Waals surface area contributed by atoms with Crippen molar-refractivity contribution >= 4 is 11.8 Å². The largest absolute Gasteiger partial charge is 0.485 e. The van der Waals surface area contributed by atoms with E-state index in [0.717, 1.165) is 29.8 Å². The van der Waals surface area contributed by atoms with Crippen molar-refractivity contribution in [3.8, 4) is 6.07 Å². The van der Waals surface area contributed by atoms with Crippen LogP contribution < -0.4 is 4.90 Å². The van der Waals surface area contributed by atoms with Crippen molar-refractivity contribution in [2.75, 3.05) is 18.0 Å². The molecule has 0 spiro atoms. The van der Waals surface area contributed by atoms with Crippen LogP contribution in [0.25, 0.3) is 10.9 Å². The summed E-state index contributed by atoms with van der Waals surface area (Å²) in [4.78, 5) is 5.81. The Labute approximate surface area is 177 Å². The Kier molecular flexibility index (Phi) is 5.97. The van der Waals surface area contributed by atoms with E-state index in [9.17, 15) is 5.26 Å². The molecule has 4 heteroatoms. The Morgan fingerprint density at radius 1 is 1.07 bits per heavy atom. The van der Waals surface area contributed by atoms with E-state index in [1.807, 2.05) is 54.6 Å². The lowest BCUT2D eigenvalue weighted by Gasteiger charge is -2.25. The Bertz CT molecular complexity index is 1040. The molecule has 30 heavy (non-hydrogen) atoms. The van der Waals surface area contributed by atoms with Crippen molar-refractivity contribution in [2.45, 2.75) is 25.4 Å². The van der Waals surface area contributed by atoms with E-state index in [2.05, 4.69) is 34.0 Å². The number of benzene rings is 2. The maximum Gasteiger partial charge on any atom is 0.265 e. The zero-order valence-electron chi connectivity index (χ0n) is 16.8. The highest BCUT2D eigenvalue weighted by Gasteiger charge is 2.22. The van der Waals surface area contributed by atoms with Crippen LogP contribution in [-0.2, 0) is 4.74 Å². The predicted octanol–water partition coefficient (Wildman–Crippen LogP) is 6.04. The third kappa shape index (κ3) is 4.45. The van der Waals surface area contributed by atoms with Gasteiger partial charge in [0.25, 0.3) is 5.70 Å². The summed E-state index contributed by atoms with van der Waals surface area (Å²) in [6.07, 6.45) is 8.56. The van der Waals surface area contributed by atoms with E-state index in [0.29, 0.717) is 12.2 Å². The summed E-state index contributed by atoms with van der Waals surface area (Å²) < 4.78 is 6.19. The number of ether oxygens (including phenoxy) is 1. The molecule has 0 aromatic heterocycles. The van der Waals surface area contributed by atoms with E-state index in [1.165, 1.54) is 18.5 Å². The third-order valence-electron chi connectivity index (χ3n) is 5.50.